The molecule has 2 heterocycles. The summed E-state index contributed by atoms with van der Waals surface area (Å²) in [5.74, 6) is 0.466. The number of benzene rings is 1. The van der Waals surface area contributed by atoms with Gasteiger partial charge in [0.05, 0.1) is 17.7 Å². The molecule has 9 heteroatoms. The molecule has 9 nitrogen and oxygen atoms in total. The maximum atomic E-state index is 12.1. The van der Waals surface area contributed by atoms with Crippen molar-refractivity contribution in [3.8, 4) is 11.5 Å². The van der Waals surface area contributed by atoms with Crippen LogP contribution in [0.3, 0.4) is 0 Å². The molecule has 3 rings (SSSR count). The molecule has 1 aromatic heterocycles. The first-order valence-electron chi connectivity index (χ1n) is 7.08. The van der Waals surface area contributed by atoms with Gasteiger partial charge in [-0.2, -0.15) is 0 Å². The third kappa shape index (κ3) is 3.19. The van der Waals surface area contributed by atoms with Crippen molar-refractivity contribution < 1.29 is 19.2 Å². The summed E-state index contributed by atoms with van der Waals surface area (Å²) >= 11 is 0. The summed E-state index contributed by atoms with van der Waals surface area (Å²) in [6.45, 7) is 0.331. The highest BCUT2D eigenvalue weighted by molar-refractivity contribution is 5.94. The van der Waals surface area contributed by atoms with Crippen molar-refractivity contribution in [1.82, 2.24) is 10.3 Å². The Labute approximate surface area is 135 Å². The molecule has 124 valence electrons. The first-order valence-corrected chi connectivity index (χ1v) is 7.08. The lowest BCUT2D eigenvalue weighted by Crippen LogP contribution is -2.41. The molecule has 0 fully saturated rings. The van der Waals surface area contributed by atoms with Crippen LogP contribution in [0.25, 0.3) is 0 Å². The van der Waals surface area contributed by atoms with E-state index in [-0.39, 0.29) is 24.4 Å². The number of hydrogen-bond acceptors (Lipinski definition) is 6. The number of para-hydroxylation sites is 2. The lowest BCUT2D eigenvalue weighted by Gasteiger charge is -2.26. The van der Waals surface area contributed by atoms with E-state index >= 15 is 0 Å². The Balaban J connectivity index is 1.65. The predicted molar refractivity (Wildman–Crippen MR) is 82.4 cm³/mol. The Morgan fingerprint density at radius 2 is 2.12 bits per heavy atom. The van der Waals surface area contributed by atoms with Crippen LogP contribution in [0.15, 0.2) is 41.3 Å². The maximum absolute atomic E-state index is 12.1. The smallest absolute Gasteiger partial charge is 0.286 e. The number of amides is 1. The van der Waals surface area contributed by atoms with Crippen LogP contribution in [-0.2, 0) is 0 Å². The second kappa shape index (κ2) is 6.41. The zero-order chi connectivity index (χ0) is 17.1. The Kier molecular flexibility index (Phi) is 4.15. The van der Waals surface area contributed by atoms with E-state index < -0.39 is 22.5 Å². The second-order valence-corrected chi connectivity index (χ2v) is 5.07. The molecule has 1 amide bonds. The van der Waals surface area contributed by atoms with Gasteiger partial charge < -0.3 is 19.8 Å². The largest absolute Gasteiger partial charge is 0.486 e. The summed E-state index contributed by atoms with van der Waals surface area (Å²) in [7, 11) is 0. The molecule has 24 heavy (non-hydrogen) atoms. The lowest BCUT2D eigenvalue weighted by molar-refractivity contribution is -0.385. The number of pyridine rings is 1. The van der Waals surface area contributed by atoms with Crippen molar-refractivity contribution in [3.05, 3.63) is 62.6 Å². The number of aromatic amines is 1. The zero-order valence-corrected chi connectivity index (χ0v) is 12.4. The fourth-order valence-corrected chi connectivity index (χ4v) is 2.21. The van der Waals surface area contributed by atoms with Crippen molar-refractivity contribution in [2.24, 2.45) is 0 Å². The number of fused-ring (bicyclic) bond motifs is 1. The van der Waals surface area contributed by atoms with E-state index in [1.807, 2.05) is 6.07 Å². The van der Waals surface area contributed by atoms with Gasteiger partial charge in [-0.05, 0) is 12.1 Å². The van der Waals surface area contributed by atoms with Gasteiger partial charge in [-0.1, -0.05) is 12.1 Å². The minimum atomic E-state index is -0.720. The van der Waals surface area contributed by atoms with Crippen LogP contribution >= 0.6 is 0 Å². The average molecular weight is 331 g/mol. The van der Waals surface area contributed by atoms with Gasteiger partial charge in [0.15, 0.2) is 11.5 Å². The zero-order valence-electron chi connectivity index (χ0n) is 12.4. The molecule has 1 aliphatic heterocycles. The first-order chi connectivity index (χ1) is 11.5. The molecule has 0 bridgehead atoms. The summed E-state index contributed by atoms with van der Waals surface area (Å²) in [5, 5.41) is 13.2. The van der Waals surface area contributed by atoms with E-state index in [0.29, 0.717) is 11.5 Å². The maximum Gasteiger partial charge on any atom is 0.286 e. The number of hydrogen-bond donors (Lipinski definition) is 2. The van der Waals surface area contributed by atoms with Crippen LogP contribution < -0.4 is 20.3 Å². The van der Waals surface area contributed by atoms with E-state index in [1.165, 1.54) is 0 Å². The number of ether oxygens (including phenoxy) is 2. The van der Waals surface area contributed by atoms with Crippen LogP contribution in [0, 0.1) is 10.1 Å². The Morgan fingerprint density at radius 3 is 2.88 bits per heavy atom. The quantitative estimate of drug-likeness (QED) is 0.632. The van der Waals surface area contributed by atoms with Crippen molar-refractivity contribution in [2.45, 2.75) is 6.10 Å². The molecule has 0 aliphatic carbocycles. The molecule has 0 saturated carbocycles. The van der Waals surface area contributed by atoms with E-state index in [2.05, 4.69) is 10.3 Å². The van der Waals surface area contributed by atoms with Gasteiger partial charge in [-0.15, -0.1) is 0 Å². The summed E-state index contributed by atoms with van der Waals surface area (Å²) in [4.78, 5) is 35.9. The Bertz CT molecular complexity index is 847. The molecule has 0 radical (unpaired) electrons. The number of rotatable bonds is 4. The molecule has 1 aliphatic rings. The van der Waals surface area contributed by atoms with Gasteiger partial charge in [0.25, 0.3) is 17.2 Å². The van der Waals surface area contributed by atoms with Crippen LogP contribution in [0.1, 0.15) is 10.4 Å². The molecule has 0 unspecified atom stereocenters. The third-order valence-corrected chi connectivity index (χ3v) is 3.40. The number of nitro groups is 1. The van der Waals surface area contributed by atoms with Gasteiger partial charge >= 0.3 is 0 Å². The summed E-state index contributed by atoms with van der Waals surface area (Å²) in [6.07, 6.45) is 0.510. The molecule has 1 aromatic carbocycles. The Morgan fingerprint density at radius 1 is 1.38 bits per heavy atom. The van der Waals surface area contributed by atoms with Crippen molar-refractivity contribution in [2.75, 3.05) is 13.2 Å². The molecular formula is C15H13N3O6. The number of nitrogens with one attached hydrogen (secondary N) is 2. The van der Waals surface area contributed by atoms with E-state index in [0.717, 1.165) is 12.3 Å². The molecule has 1 atom stereocenters. The summed E-state index contributed by atoms with van der Waals surface area (Å²) in [5.41, 5.74) is -1.41. The van der Waals surface area contributed by atoms with Gasteiger partial charge in [0.2, 0.25) is 0 Å². The predicted octanol–water partition coefficient (Wildman–Crippen LogP) is 0.853. The number of carbonyl (C=O) groups is 1. The van der Waals surface area contributed by atoms with Crippen LogP contribution in [-0.4, -0.2) is 35.1 Å². The van der Waals surface area contributed by atoms with Gasteiger partial charge in [0.1, 0.15) is 18.3 Å². The molecule has 2 N–H and O–H groups in total. The second-order valence-electron chi connectivity index (χ2n) is 5.07. The standard InChI is InChI=1S/C15H13N3O6/c19-14-11(5-9(6-16-14)18(21)22)15(20)17-7-10-8-23-12-3-1-2-4-13(12)24-10/h1-6,10H,7-8H2,(H,16,19)(H,17,20)/t10-/m0/s1. The molecular weight excluding hydrogens is 318 g/mol. The van der Waals surface area contributed by atoms with Gasteiger partial charge in [-0.3, -0.25) is 19.7 Å². The number of H-pyrrole nitrogens is 1. The Hall–Kier alpha value is -3.36. The normalized spacial score (nSPS) is 15.6. The summed E-state index contributed by atoms with van der Waals surface area (Å²) in [6, 6.07) is 8.06. The highest BCUT2D eigenvalue weighted by Crippen LogP contribution is 2.30. The topological polar surface area (TPSA) is 124 Å². The first kappa shape index (κ1) is 15.5. The van der Waals surface area contributed by atoms with Gasteiger partial charge in [0, 0.05) is 6.07 Å². The van der Waals surface area contributed by atoms with Crippen LogP contribution in [0.4, 0.5) is 5.69 Å². The van der Waals surface area contributed by atoms with Crippen LogP contribution in [0.5, 0.6) is 11.5 Å². The van der Waals surface area contributed by atoms with E-state index in [9.17, 15) is 19.7 Å². The number of carbonyl (C=O) groups excluding carboxylic acids is 1. The minimum absolute atomic E-state index is 0.0926. The summed E-state index contributed by atoms with van der Waals surface area (Å²) < 4.78 is 11.2. The van der Waals surface area contributed by atoms with Crippen molar-refractivity contribution >= 4 is 11.6 Å². The monoisotopic (exact) mass is 331 g/mol. The van der Waals surface area contributed by atoms with E-state index in [1.54, 1.807) is 18.2 Å². The van der Waals surface area contributed by atoms with E-state index in [4.69, 9.17) is 9.47 Å². The van der Waals surface area contributed by atoms with Gasteiger partial charge in [-0.25, -0.2) is 0 Å². The SMILES string of the molecule is O=C(NC[C@H]1COc2ccccc2O1)c1cc([N+](=O)[O-])c[nH]c1=O. The third-order valence-electron chi connectivity index (χ3n) is 3.40. The molecule has 0 spiro atoms. The fourth-order valence-electron chi connectivity index (χ4n) is 2.21. The number of nitrogens with zero attached hydrogens (tertiary/aromatic N) is 1. The minimum Gasteiger partial charge on any atom is -0.486 e. The lowest BCUT2D eigenvalue weighted by atomic mass is 10.2. The number of aromatic nitrogens is 1. The van der Waals surface area contributed by atoms with Crippen molar-refractivity contribution in [3.63, 3.8) is 0 Å². The molecule has 0 saturated heterocycles. The highest BCUT2D eigenvalue weighted by atomic mass is 16.6. The van der Waals surface area contributed by atoms with Crippen molar-refractivity contribution in [1.29, 1.82) is 0 Å². The average Bonchev–Trinajstić information content (AvgIpc) is 2.59. The van der Waals surface area contributed by atoms with Crippen LogP contribution in [0.2, 0.25) is 0 Å². The molecule has 2 aromatic rings. The highest BCUT2D eigenvalue weighted by Gasteiger charge is 2.22. The fraction of sp³-hybridized carbons (Fsp3) is 0.200.